The van der Waals surface area contributed by atoms with Gasteiger partial charge in [-0.15, -0.1) is 0 Å². The number of aryl methyl sites for hydroxylation is 2. The maximum atomic E-state index is 12.8. The molecule has 1 heterocycles. The molecule has 6 nitrogen and oxygen atoms in total. The van der Waals surface area contributed by atoms with E-state index in [-0.39, 0.29) is 18.2 Å². The lowest BCUT2D eigenvalue weighted by Crippen LogP contribution is -2.28. The second-order valence-corrected chi connectivity index (χ2v) is 6.81. The summed E-state index contributed by atoms with van der Waals surface area (Å²) in [7, 11) is 3.10. The van der Waals surface area contributed by atoms with Crippen molar-refractivity contribution < 1.29 is 19.1 Å². The van der Waals surface area contributed by atoms with E-state index in [2.05, 4.69) is 11.4 Å². The molecule has 1 fully saturated rings. The van der Waals surface area contributed by atoms with E-state index >= 15 is 0 Å². The zero-order chi connectivity index (χ0) is 19.6. The van der Waals surface area contributed by atoms with Gasteiger partial charge in [0.1, 0.15) is 11.5 Å². The lowest BCUT2D eigenvalue weighted by atomic mass is 10.1. The molecule has 0 saturated carbocycles. The van der Waals surface area contributed by atoms with Crippen LogP contribution in [0.15, 0.2) is 36.4 Å². The number of amides is 2. The van der Waals surface area contributed by atoms with Crippen molar-refractivity contribution in [3.05, 3.63) is 47.5 Å². The van der Waals surface area contributed by atoms with Gasteiger partial charge in [-0.25, -0.2) is 0 Å². The third-order valence-electron chi connectivity index (χ3n) is 4.68. The zero-order valence-corrected chi connectivity index (χ0v) is 16.0. The monoisotopic (exact) mass is 368 g/mol. The molecular formula is C21H24N2O4. The van der Waals surface area contributed by atoms with Crippen molar-refractivity contribution >= 4 is 23.2 Å². The fraction of sp³-hybridized carbons (Fsp3) is 0.333. The Morgan fingerprint density at radius 3 is 2.41 bits per heavy atom. The van der Waals surface area contributed by atoms with E-state index in [9.17, 15) is 9.59 Å². The fourth-order valence-electron chi connectivity index (χ4n) is 3.39. The van der Waals surface area contributed by atoms with Crippen molar-refractivity contribution in [2.45, 2.75) is 20.3 Å². The van der Waals surface area contributed by atoms with Gasteiger partial charge in [0.15, 0.2) is 0 Å². The second-order valence-electron chi connectivity index (χ2n) is 6.81. The van der Waals surface area contributed by atoms with Gasteiger partial charge < -0.3 is 19.7 Å². The molecule has 1 aliphatic heterocycles. The molecule has 6 heteroatoms. The van der Waals surface area contributed by atoms with Crippen molar-refractivity contribution in [1.82, 2.24) is 0 Å². The number of benzene rings is 2. The Labute approximate surface area is 159 Å². The van der Waals surface area contributed by atoms with E-state index in [1.54, 1.807) is 37.3 Å². The minimum Gasteiger partial charge on any atom is -0.497 e. The van der Waals surface area contributed by atoms with Crippen molar-refractivity contribution in [3.63, 3.8) is 0 Å². The molecular weight excluding hydrogens is 344 g/mol. The van der Waals surface area contributed by atoms with Crippen LogP contribution < -0.4 is 19.7 Å². The predicted octanol–water partition coefficient (Wildman–Crippen LogP) is 3.31. The van der Waals surface area contributed by atoms with Crippen LogP contribution in [0.3, 0.4) is 0 Å². The molecule has 0 spiro atoms. The van der Waals surface area contributed by atoms with Crippen LogP contribution in [0.25, 0.3) is 0 Å². The summed E-state index contributed by atoms with van der Waals surface area (Å²) >= 11 is 0. The van der Waals surface area contributed by atoms with E-state index in [4.69, 9.17) is 9.47 Å². The van der Waals surface area contributed by atoms with Gasteiger partial charge >= 0.3 is 0 Å². The molecule has 1 saturated heterocycles. The van der Waals surface area contributed by atoms with Crippen molar-refractivity contribution in [3.8, 4) is 11.5 Å². The Morgan fingerprint density at radius 2 is 1.78 bits per heavy atom. The van der Waals surface area contributed by atoms with E-state index < -0.39 is 5.92 Å². The molecule has 0 bridgehead atoms. The Morgan fingerprint density at radius 1 is 1.07 bits per heavy atom. The summed E-state index contributed by atoms with van der Waals surface area (Å²) in [5, 5.41) is 2.87. The molecule has 1 unspecified atom stereocenters. The zero-order valence-electron chi connectivity index (χ0n) is 16.0. The Kier molecular flexibility index (Phi) is 5.35. The van der Waals surface area contributed by atoms with Crippen LogP contribution in [0.2, 0.25) is 0 Å². The van der Waals surface area contributed by atoms with Crippen molar-refractivity contribution in [2.75, 3.05) is 31.0 Å². The maximum Gasteiger partial charge on any atom is 0.229 e. The van der Waals surface area contributed by atoms with Crippen LogP contribution in [0.4, 0.5) is 11.4 Å². The molecule has 1 N–H and O–H groups in total. The number of carbonyl (C=O) groups is 2. The third kappa shape index (κ3) is 4.05. The summed E-state index contributed by atoms with van der Waals surface area (Å²) in [6, 6.07) is 11.2. The number of nitrogens with one attached hydrogen (secondary N) is 1. The van der Waals surface area contributed by atoms with Gasteiger partial charge in [0.05, 0.1) is 25.8 Å². The van der Waals surface area contributed by atoms with Crippen LogP contribution in [-0.2, 0) is 9.59 Å². The molecule has 0 aliphatic carbocycles. The van der Waals surface area contributed by atoms with Crippen LogP contribution in [0.1, 0.15) is 17.5 Å². The Bertz CT molecular complexity index is 858. The van der Waals surface area contributed by atoms with Gasteiger partial charge in [0.2, 0.25) is 11.8 Å². The molecule has 0 aromatic heterocycles. The Balaban J connectivity index is 1.76. The molecule has 1 atom stereocenters. The topological polar surface area (TPSA) is 67.9 Å². The van der Waals surface area contributed by atoms with Gasteiger partial charge in [-0.2, -0.15) is 0 Å². The summed E-state index contributed by atoms with van der Waals surface area (Å²) in [6.45, 7) is 4.35. The highest BCUT2D eigenvalue weighted by Crippen LogP contribution is 2.31. The predicted molar refractivity (Wildman–Crippen MR) is 105 cm³/mol. The highest BCUT2D eigenvalue weighted by Gasteiger charge is 2.35. The normalized spacial score (nSPS) is 16.4. The maximum absolute atomic E-state index is 12.8. The average molecular weight is 368 g/mol. The van der Waals surface area contributed by atoms with Gasteiger partial charge in [-0.05, 0) is 49.2 Å². The first kappa shape index (κ1) is 18.8. The van der Waals surface area contributed by atoms with E-state index in [1.807, 2.05) is 26.0 Å². The number of ether oxygens (including phenoxy) is 2. The van der Waals surface area contributed by atoms with E-state index in [0.717, 1.165) is 16.8 Å². The molecule has 0 radical (unpaired) electrons. The number of hydrogen-bond acceptors (Lipinski definition) is 4. The summed E-state index contributed by atoms with van der Waals surface area (Å²) in [5.41, 5.74) is 3.55. The van der Waals surface area contributed by atoms with Gasteiger partial charge in [-0.1, -0.05) is 6.07 Å². The summed E-state index contributed by atoms with van der Waals surface area (Å²) in [5.74, 6) is 0.485. The van der Waals surface area contributed by atoms with Gasteiger partial charge in [0, 0.05) is 24.7 Å². The highest BCUT2D eigenvalue weighted by atomic mass is 16.5. The minimum atomic E-state index is -0.422. The minimum absolute atomic E-state index is 0.0437. The number of nitrogens with zero attached hydrogens (tertiary/aromatic N) is 1. The molecule has 2 amide bonds. The Hall–Kier alpha value is -3.02. The standard InChI is InChI=1S/C21H24N2O4/c1-13-7-14(2)9-16(8-13)23-12-15(10-20(23)24)21(25)22-18-11-17(26-3)5-6-19(18)27-4/h5-9,11,15H,10,12H2,1-4H3,(H,22,25). The van der Waals surface area contributed by atoms with E-state index in [0.29, 0.717) is 23.7 Å². The highest BCUT2D eigenvalue weighted by molar-refractivity contribution is 6.04. The van der Waals surface area contributed by atoms with Crippen LogP contribution in [-0.4, -0.2) is 32.6 Å². The number of anilines is 2. The quantitative estimate of drug-likeness (QED) is 0.879. The number of methoxy groups -OCH3 is 2. The molecule has 27 heavy (non-hydrogen) atoms. The summed E-state index contributed by atoms with van der Waals surface area (Å²) in [4.78, 5) is 26.9. The average Bonchev–Trinajstić information content (AvgIpc) is 3.02. The molecule has 1 aliphatic rings. The molecule has 3 rings (SSSR count). The first-order valence-corrected chi connectivity index (χ1v) is 8.83. The molecule has 2 aromatic rings. The van der Waals surface area contributed by atoms with Crippen LogP contribution in [0.5, 0.6) is 11.5 Å². The van der Waals surface area contributed by atoms with Gasteiger partial charge in [-0.3, -0.25) is 9.59 Å². The largest absolute Gasteiger partial charge is 0.497 e. The SMILES string of the molecule is COc1ccc(OC)c(NC(=O)C2CC(=O)N(c3cc(C)cc(C)c3)C2)c1. The number of rotatable bonds is 5. The lowest BCUT2D eigenvalue weighted by molar-refractivity contribution is -0.122. The summed E-state index contributed by atoms with van der Waals surface area (Å²) < 4.78 is 10.5. The number of hydrogen-bond donors (Lipinski definition) is 1. The third-order valence-corrected chi connectivity index (χ3v) is 4.68. The van der Waals surface area contributed by atoms with Crippen molar-refractivity contribution in [1.29, 1.82) is 0 Å². The first-order valence-electron chi connectivity index (χ1n) is 8.83. The first-order chi connectivity index (χ1) is 12.9. The van der Waals surface area contributed by atoms with Crippen molar-refractivity contribution in [2.24, 2.45) is 5.92 Å². The lowest BCUT2D eigenvalue weighted by Gasteiger charge is -2.18. The van der Waals surface area contributed by atoms with Gasteiger partial charge in [0.25, 0.3) is 0 Å². The van der Waals surface area contributed by atoms with Crippen LogP contribution >= 0.6 is 0 Å². The second kappa shape index (κ2) is 7.70. The van der Waals surface area contributed by atoms with Crippen LogP contribution in [0, 0.1) is 19.8 Å². The fourth-order valence-corrected chi connectivity index (χ4v) is 3.39. The number of carbonyl (C=O) groups excluding carboxylic acids is 2. The van der Waals surface area contributed by atoms with E-state index in [1.165, 1.54) is 0 Å². The molecule has 2 aromatic carbocycles. The molecule has 142 valence electrons. The summed E-state index contributed by atoms with van der Waals surface area (Å²) in [6.07, 6.45) is 0.186. The smallest absolute Gasteiger partial charge is 0.229 e.